The number of phenolic OH excluding ortho intramolecular Hbond substituents is 1. The smallest absolute Gasteiger partial charge is 0.338 e. The number of anilines is 1. The number of nitrogens with one attached hydrogen (secondary N) is 1. The highest BCUT2D eigenvalue weighted by molar-refractivity contribution is 5.97. The van der Waals surface area contributed by atoms with Crippen molar-refractivity contribution in [3.05, 3.63) is 63.7 Å². The van der Waals surface area contributed by atoms with Crippen molar-refractivity contribution in [2.24, 2.45) is 0 Å². The van der Waals surface area contributed by atoms with E-state index in [0.717, 1.165) is 0 Å². The van der Waals surface area contributed by atoms with Crippen LogP contribution in [-0.4, -0.2) is 28.5 Å². The molecular formula is C16H14N2O6. The Labute approximate surface area is 136 Å². The lowest BCUT2D eigenvalue weighted by Crippen LogP contribution is -2.21. The number of nitro groups is 1. The molecule has 24 heavy (non-hydrogen) atoms. The highest BCUT2D eigenvalue weighted by Crippen LogP contribution is 2.27. The number of para-hydroxylation sites is 1. The molecule has 0 aromatic heterocycles. The van der Waals surface area contributed by atoms with Gasteiger partial charge in [0, 0.05) is 6.07 Å². The first-order valence-electron chi connectivity index (χ1n) is 6.88. The van der Waals surface area contributed by atoms with Gasteiger partial charge in [0.05, 0.1) is 10.5 Å². The maximum atomic E-state index is 11.9. The second kappa shape index (κ2) is 7.23. The van der Waals surface area contributed by atoms with Crippen molar-refractivity contribution >= 4 is 23.3 Å². The fourth-order valence-electron chi connectivity index (χ4n) is 1.95. The minimum absolute atomic E-state index is 0.00356. The fraction of sp³-hybridized carbons (Fsp3) is 0.125. The number of carbonyl (C=O) groups excluding carboxylic acids is 2. The topological polar surface area (TPSA) is 119 Å². The number of hydrogen-bond donors (Lipinski definition) is 2. The third kappa shape index (κ3) is 4.07. The molecule has 0 bridgehead atoms. The molecule has 0 saturated carbocycles. The predicted molar refractivity (Wildman–Crippen MR) is 84.9 cm³/mol. The molecule has 2 aromatic carbocycles. The predicted octanol–water partition coefficient (Wildman–Crippen LogP) is 2.40. The number of hydrogen-bond acceptors (Lipinski definition) is 6. The van der Waals surface area contributed by atoms with Gasteiger partial charge >= 0.3 is 5.97 Å². The van der Waals surface area contributed by atoms with Gasteiger partial charge in [0.2, 0.25) is 0 Å². The minimum atomic E-state index is -0.746. The molecule has 0 fully saturated rings. The van der Waals surface area contributed by atoms with Crippen molar-refractivity contribution in [2.75, 3.05) is 11.9 Å². The van der Waals surface area contributed by atoms with Crippen molar-refractivity contribution in [1.29, 1.82) is 0 Å². The summed E-state index contributed by atoms with van der Waals surface area (Å²) in [5.41, 5.74) is 0.506. The van der Waals surface area contributed by atoms with Gasteiger partial charge in [0.25, 0.3) is 11.6 Å². The van der Waals surface area contributed by atoms with Crippen LogP contribution < -0.4 is 5.32 Å². The van der Waals surface area contributed by atoms with Gasteiger partial charge in [-0.15, -0.1) is 0 Å². The summed E-state index contributed by atoms with van der Waals surface area (Å²) in [4.78, 5) is 34.0. The monoisotopic (exact) mass is 330 g/mol. The third-order valence-corrected chi connectivity index (χ3v) is 3.15. The molecule has 124 valence electrons. The molecule has 2 rings (SSSR count). The van der Waals surface area contributed by atoms with E-state index in [1.165, 1.54) is 36.4 Å². The Bertz CT molecular complexity index is 786. The van der Waals surface area contributed by atoms with E-state index in [9.17, 15) is 19.7 Å². The first-order chi connectivity index (χ1) is 11.4. The number of esters is 1. The van der Waals surface area contributed by atoms with Crippen LogP contribution in [0.2, 0.25) is 0 Å². The summed E-state index contributed by atoms with van der Waals surface area (Å²) < 4.78 is 4.84. The average molecular weight is 330 g/mol. The van der Waals surface area contributed by atoms with Crippen LogP contribution in [0.5, 0.6) is 5.75 Å². The van der Waals surface area contributed by atoms with Gasteiger partial charge < -0.3 is 15.2 Å². The van der Waals surface area contributed by atoms with Crippen molar-refractivity contribution in [2.45, 2.75) is 6.92 Å². The lowest BCUT2D eigenvalue weighted by Gasteiger charge is -2.09. The first kappa shape index (κ1) is 16.9. The first-order valence-corrected chi connectivity index (χ1v) is 6.88. The van der Waals surface area contributed by atoms with E-state index in [2.05, 4.69) is 5.32 Å². The number of amides is 1. The van der Waals surface area contributed by atoms with Crippen molar-refractivity contribution in [3.63, 3.8) is 0 Å². The summed E-state index contributed by atoms with van der Waals surface area (Å²) in [5, 5.41) is 22.5. The summed E-state index contributed by atoms with van der Waals surface area (Å²) in [6.45, 7) is 1.02. The zero-order valence-corrected chi connectivity index (χ0v) is 12.7. The van der Waals surface area contributed by atoms with E-state index < -0.39 is 23.4 Å². The number of carbonyl (C=O) groups is 2. The van der Waals surface area contributed by atoms with Gasteiger partial charge in [-0.05, 0) is 36.8 Å². The Hall–Kier alpha value is -3.42. The number of phenols is 1. The van der Waals surface area contributed by atoms with E-state index in [0.29, 0.717) is 5.56 Å². The fourth-order valence-corrected chi connectivity index (χ4v) is 1.95. The van der Waals surface area contributed by atoms with Gasteiger partial charge in [0.1, 0.15) is 11.4 Å². The van der Waals surface area contributed by atoms with Crippen LogP contribution in [0.25, 0.3) is 0 Å². The molecule has 1 amide bonds. The molecule has 0 heterocycles. The number of benzene rings is 2. The van der Waals surface area contributed by atoms with Crippen LogP contribution in [0, 0.1) is 17.0 Å². The maximum Gasteiger partial charge on any atom is 0.338 e. The molecule has 0 aliphatic carbocycles. The Morgan fingerprint density at radius 1 is 1.21 bits per heavy atom. The minimum Gasteiger partial charge on any atom is -0.508 e. The largest absolute Gasteiger partial charge is 0.508 e. The second-order valence-corrected chi connectivity index (χ2v) is 4.90. The van der Waals surface area contributed by atoms with Crippen molar-refractivity contribution in [1.82, 2.24) is 0 Å². The van der Waals surface area contributed by atoms with Crippen LogP contribution >= 0.6 is 0 Å². The van der Waals surface area contributed by atoms with Crippen LogP contribution in [-0.2, 0) is 9.53 Å². The van der Waals surface area contributed by atoms with Crippen LogP contribution in [0.4, 0.5) is 11.4 Å². The van der Waals surface area contributed by atoms with E-state index in [4.69, 9.17) is 9.84 Å². The standard InChI is InChI=1S/C16H14N2O6/c1-10-3-2-4-13(18(22)23)15(10)17-14(20)9-24-16(21)11-5-7-12(19)8-6-11/h2-8,19H,9H2,1H3,(H,17,20). The molecule has 8 heteroatoms. The zero-order chi connectivity index (χ0) is 17.7. The second-order valence-electron chi connectivity index (χ2n) is 4.90. The zero-order valence-electron chi connectivity index (χ0n) is 12.7. The number of ether oxygens (including phenoxy) is 1. The molecule has 8 nitrogen and oxygen atoms in total. The Balaban J connectivity index is 2.00. The Morgan fingerprint density at radius 2 is 1.88 bits per heavy atom. The highest BCUT2D eigenvalue weighted by Gasteiger charge is 2.18. The number of aromatic hydroxyl groups is 1. The summed E-state index contributed by atoms with van der Waals surface area (Å²) in [5.74, 6) is -1.44. The summed E-state index contributed by atoms with van der Waals surface area (Å²) in [6.07, 6.45) is 0. The number of nitro benzene ring substituents is 1. The molecule has 2 aromatic rings. The maximum absolute atomic E-state index is 11.9. The van der Waals surface area contributed by atoms with E-state index in [1.54, 1.807) is 13.0 Å². The van der Waals surface area contributed by atoms with Gasteiger partial charge in [-0.1, -0.05) is 12.1 Å². The number of rotatable bonds is 5. The van der Waals surface area contributed by atoms with Gasteiger partial charge in [-0.3, -0.25) is 14.9 Å². The number of nitrogens with zero attached hydrogens (tertiary/aromatic N) is 1. The number of aryl methyl sites for hydroxylation is 1. The van der Waals surface area contributed by atoms with Gasteiger partial charge in [-0.25, -0.2) is 4.79 Å². The molecule has 0 spiro atoms. The van der Waals surface area contributed by atoms with E-state index in [1.807, 2.05) is 0 Å². The van der Waals surface area contributed by atoms with Gasteiger partial charge in [-0.2, -0.15) is 0 Å². The molecule has 0 saturated heterocycles. The SMILES string of the molecule is Cc1cccc([N+](=O)[O-])c1NC(=O)COC(=O)c1ccc(O)cc1. The Kier molecular flexibility index (Phi) is 5.10. The molecule has 2 N–H and O–H groups in total. The normalized spacial score (nSPS) is 10.0. The summed E-state index contributed by atoms with van der Waals surface area (Å²) in [6, 6.07) is 9.72. The molecule has 0 radical (unpaired) electrons. The molecule has 0 atom stereocenters. The molecule has 0 aliphatic rings. The Morgan fingerprint density at radius 3 is 2.50 bits per heavy atom. The molecule has 0 aliphatic heterocycles. The third-order valence-electron chi connectivity index (χ3n) is 3.15. The van der Waals surface area contributed by atoms with Crippen molar-refractivity contribution in [3.8, 4) is 5.75 Å². The van der Waals surface area contributed by atoms with Crippen LogP contribution in [0.3, 0.4) is 0 Å². The van der Waals surface area contributed by atoms with E-state index in [-0.39, 0.29) is 22.7 Å². The summed E-state index contributed by atoms with van der Waals surface area (Å²) in [7, 11) is 0. The van der Waals surface area contributed by atoms with Crippen LogP contribution in [0.15, 0.2) is 42.5 Å². The van der Waals surface area contributed by atoms with Crippen LogP contribution in [0.1, 0.15) is 15.9 Å². The van der Waals surface area contributed by atoms with Gasteiger partial charge in [0.15, 0.2) is 6.61 Å². The highest BCUT2D eigenvalue weighted by atomic mass is 16.6. The van der Waals surface area contributed by atoms with E-state index >= 15 is 0 Å². The lowest BCUT2D eigenvalue weighted by molar-refractivity contribution is -0.384. The summed E-state index contributed by atoms with van der Waals surface area (Å²) >= 11 is 0. The molecular weight excluding hydrogens is 316 g/mol. The quantitative estimate of drug-likeness (QED) is 0.493. The van der Waals surface area contributed by atoms with Crippen molar-refractivity contribution < 1.29 is 24.4 Å². The lowest BCUT2D eigenvalue weighted by atomic mass is 10.1. The molecule has 0 unspecified atom stereocenters. The average Bonchev–Trinajstić information content (AvgIpc) is 2.55.